The molecule has 1 aromatic rings. The summed E-state index contributed by atoms with van der Waals surface area (Å²) in [6.07, 6.45) is -0.0137. The lowest BCUT2D eigenvalue weighted by atomic mass is 9.83. The van der Waals surface area contributed by atoms with E-state index in [0.717, 1.165) is 4.31 Å². The summed E-state index contributed by atoms with van der Waals surface area (Å²) in [7, 11) is -2.38. The van der Waals surface area contributed by atoms with Gasteiger partial charge in [0, 0.05) is 12.6 Å². The summed E-state index contributed by atoms with van der Waals surface area (Å²) >= 11 is 0. The Hall–Kier alpha value is -1.67. The van der Waals surface area contributed by atoms with Crippen molar-refractivity contribution in [1.29, 1.82) is 0 Å². The van der Waals surface area contributed by atoms with Gasteiger partial charge in [-0.3, -0.25) is 0 Å². The van der Waals surface area contributed by atoms with E-state index in [4.69, 9.17) is 10.5 Å². The molecular weight excluding hydrogens is 309 g/mol. The summed E-state index contributed by atoms with van der Waals surface area (Å²) in [5.74, 6) is -0.667. The highest BCUT2D eigenvalue weighted by Gasteiger charge is 2.57. The highest BCUT2D eigenvalue weighted by atomic mass is 32.2. The zero-order valence-electron chi connectivity index (χ0n) is 12.4. The number of nitrogens with two attached hydrogens (primary N) is 1. The van der Waals surface area contributed by atoms with Gasteiger partial charge in [0.1, 0.15) is 16.6 Å². The topological polar surface area (TPSA) is 85.0 Å². The molecule has 0 bridgehead atoms. The first kappa shape index (κ1) is 15.2. The summed E-state index contributed by atoms with van der Waals surface area (Å²) in [6, 6.07) is 6.03. The molecule has 120 valence electrons. The quantitative estimate of drug-likeness (QED) is 0.826. The SMILES string of the molecule is C[C@H]1C[C@@H]2[C@](c3ccccc3F)(CO1)N=C(N)N(C)S2(=O)=O. The minimum absolute atomic E-state index is 0.0203. The van der Waals surface area contributed by atoms with E-state index in [0.29, 0.717) is 0 Å². The first-order chi connectivity index (χ1) is 10.3. The second-order valence-electron chi connectivity index (χ2n) is 5.73. The molecule has 1 fully saturated rings. The Balaban J connectivity index is 2.28. The average Bonchev–Trinajstić information content (AvgIpc) is 2.47. The van der Waals surface area contributed by atoms with Gasteiger partial charge in [-0.05, 0) is 19.4 Å². The van der Waals surface area contributed by atoms with E-state index in [-0.39, 0.29) is 30.7 Å². The summed E-state index contributed by atoms with van der Waals surface area (Å²) in [5, 5.41) is -0.905. The van der Waals surface area contributed by atoms with E-state index < -0.39 is 26.6 Å². The van der Waals surface area contributed by atoms with Crippen LogP contribution in [-0.2, 0) is 20.3 Å². The number of rotatable bonds is 1. The van der Waals surface area contributed by atoms with Crippen LogP contribution in [0.15, 0.2) is 29.3 Å². The van der Waals surface area contributed by atoms with Crippen molar-refractivity contribution in [3.63, 3.8) is 0 Å². The largest absolute Gasteiger partial charge is 0.376 e. The van der Waals surface area contributed by atoms with Gasteiger partial charge in [0.2, 0.25) is 16.0 Å². The molecule has 0 amide bonds. The molecule has 2 aliphatic rings. The molecule has 1 aromatic carbocycles. The summed E-state index contributed by atoms with van der Waals surface area (Å²) in [4.78, 5) is 4.35. The van der Waals surface area contributed by atoms with Crippen molar-refractivity contribution in [2.24, 2.45) is 10.7 Å². The number of aliphatic imine (C=N–C) groups is 1. The lowest BCUT2D eigenvalue weighted by Crippen LogP contribution is -2.62. The second-order valence-corrected chi connectivity index (χ2v) is 7.88. The number of benzene rings is 1. The van der Waals surface area contributed by atoms with Gasteiger partial charge in [-0.1, -0.05) is 18.2 Å². The zero-order chi connectivity index (χ0) is 16.1. The van der Waals surface area contributed by atoms with Gasteiger partial charge in [0.15, 0.2) is 0 Å². The second kappa shape index (κ2) is 4.92. The smallest absolute Gasteiger partial charge is 0.243 e. The molecule has 2 aliphatic heterocycles. The van der Waals surface area contributed by atoms with Crippen LogP contribution in [0.25, 0.3) is 0 Å². The molecule has 0 aromatic heterocycles. The number of sulfonamides is 1. The van der Waals surface area contributed by atoms with Gasteiger partial charge < -0.3 is 10.5 Å². The predicted molar refractivity (Wildman–Crippen MR) is 80.2 cm³/mol. The van der Waals surface area contributed by atoms with Gasteiger partial charge in [-0.2, -0.15) is 0 Å². The van der Waals surface area contributed by atoms with E-state index in [9.17, 15) is 12.8 Å². The van der Waals surface area contributed by atoms with Crippen LogP contribution in [0.3, 0.4) is 0 Å². The minimum Gasteiger partial charge on any atom is -0.376 e. The molecule has 0 aliphatic carbocycles. The van der Waals surface area contributed by atoms with E-state index in [1.54, 1.807) is 25.1 Å². The molecule has 0 spiro atoms. The number of ether oxygens (including phenoxy) is 1. The van der Waals surface area contributed by atoms with E-state index >= 15 is 0 Å². The summed E-state index contributed by atoms with van der Waals surface area (Å²) < 4.78 is 46.5. The maximum absolute atomic E-state index is 14.3. The van der Waals surface area contributed by atoms with Crippen molar-refractivity contribution in [3.05, 3.63) is 35.6 Å². The molecule has 3 atom stereocenters. The van der Waals surface area contributed by atoms with Crippen molar-refractivity contribution in [1.82, 2.24) is 4.31 Å². The fourth-order valence-corrected chi connectivity index (χ4v) is 5.06. The summed E-state index contributed by atoms with van der Waals surface area (Å²) in [6.45, 7) is 1.77. The van der Waals surface area contributed by atoms with Crippen LogP contribution < -0.4 is 5.73 Å². The van der Waals surface area contributed by atoms with Crippen LogP contribution in [0.5, 0.6) is 0 Å². The van der Waals surface area contributed by atoms with Gasteiger partial charge in [-0.25, -0.2) is 22.1 Å². The Morgan fingerprint density at radius 1 is 1.45 bits per heavy atom. The van der Waals surface area contributed by atoms with Gasteiger partial charge in [0.25, 0.3) is 0 Å². The van der Waals surface area contributed by atoms with Crippen LogP contribution in [-0.4, -0.2) is 43.7 Å². The monoisotopic (exact) mass is 327 g/mol. The van der Waals surface area contributed by atoms with Gasteiger partial charge in [0.05, 0.1) is 12.7 Å². The molecule has 2 heterocycles. The van der Waals surface area contributed by atoms with E-state index in [2.05, 4.69) is 4.99 Å². The number of hydrogen-bond acceptors (Lipinski definition) is 5. The van der Waals surface area contributed by atoms with Crippen molar-refractivity contribution in [2.75, 3.05) is 13.7 Å². The Morgan fingerprint density at radius 2 is 2.14 bits per heavy atom. The van der Waals surface area contributed by atoms with Crippen molar-refractivity contribution >= 4 is 16.0 Å². The molecule has 6 nitrogen and oxygen atoms in total. The average molecular weight is 327 g/mol. The number of halogens is 1. The predicted octanol–water partition coefficient (Wildman–Crippen LogP) is 0.788. The van der Waals surface area contributed by atoms with Crippen LogP contribution >= 0.6 is 0 Å². The number of hydrogen-bond donors (Lipinski definition) is 1. The molecular formula is C14H18FN3O3S. The Morgan fingerprint density at radius 3 is 2.82 bits per heavy atom. The molecule has 22 heavy (non-hydrogen) atoms. The fourth-order valence-electron chi connectivity index (χ4n) is 3.12. The van der Waals surface area contributed by atoms with Gasteiger partial charge in [-0.15, -0.1) is 0 Å². The third kappa shape index (κ3) is 2.01. The number of guanidine groups is 1. The molecule has 3 rings (SSSR count). The van der Waals surface area contributed by atoms with Crippen molar-refractivity contribution < 1.29 is 17.5 Å². The Labute approximate surface area is 128 Å². The highest BCUT2D eigenvalue weighted by Crippen LogP contribution is 2.44. The Kier molecular flexibility index (Phi) is 3.41. The molecule has 2 N–H and O–H groups in total. The van der Waals surface area contributed by atoms with Crippen molar-refractivity contribution in [2.45, 2.75) is 30.2 Å². The first-order valence-corrected chi connectivity index (χ1v) is 8.49. The lowest BCUT2D eigenvalue weighted by molar-refractivity contribution is -0.0189. The maximum atomic E-state index is 14.3. The molecule has 0 saturated carbocycles. The van der Waals surface area contributed by atoms with Crippen molar-refractivity contribution in [3.8, 4) is 0 Å². The number of nitrogens with zero attached hydrogens (tertiary/aromatic N) is 2. The van der Waals surface area contributed by atoms with E-state index in [1.807, 2.05) is 0 Å². The first-order valence-electron chi connectivity index (χ1n) is 6.99. The van der Waals surface area contributed by atoms with Crippen LogP contribution in [0.1, 0.15) is 18.9 Å². The van der Waals surface area contributed by atoms with Crippen LogP contribution in [0, 0.1) is 5.82 Å². The fraction of sp³-hybridized carbons (Fsp3) is 0.500. The van der Waals surface area contributed by atoms with Crippen LogP contribution in [0.2, 0.25) is 0 Å². The lowest BCUT2D eigenvalue weighted by Gasteiger charge is -2.47. The van der Waals surface area contributed by atoms with E-state index in [1.165, 1.54) is 13.1 Å². The normalized spacial score (nSPS) is 34.0. The zero-order valence-corrected chi connectivity index (χ0v) is 13.2. The van der Waals surface area contributed by atoms with Crippen LogP contribution in [0.4, 0.5) is 4.39 Å². The third-order valence-corrected chi connectivity index (χ3v) is 6.64. The molecule has 0 radical (unpaired) electrons. The maximum Gasteiger partial charge on any atom is 0.243 e. The highest BCUT2D eigenvalue weighted by molar-refractivity contribution is 7.90. The molecule has 0 unspecified atom stereocenters. The minimum atomic E-state index is -3.74. The number of fused-ring (bicyclic) bond motifs is 1. The third-order valence-electron chi connectivity index (χ3n) is 4.38. The molecule has 1 saturated heterocycles. The van der Waals surface area contributed by atoms with Gasteiger partial charge >= 0.3 is 0 Å². The molecule has 8 heteroatoms. The summed E-state index contributed by atoms with van der Waals surface area (Å²) in [5.41, 5.74) is 4.65. The Bertz CT molecular complexity index is 737. The standard InChI is InChI=1S/C14H18FN3O3S/c1-9-7-12-14(8-21-9,10-5-3-4-6-11(10)15)17-13(16)18(2)22(12,19)20/h3-6,9,12H,7-8H2,1-2H3,(H2,16,17)/t9-,12+,14+/m0/s1.